The van der Waals surface area contributed by atoms with Crippen LogP contribution in [0.4, 0.5) is 0 Å². The van der Waals surface area contributed by atoms with Crippen molar-refractivity contribution in [1.82, 2.24) is 0 Å². The Morgan fingerprint density at radius 3 is 3.07 bits per heavy atom. The van der Waals surface area contributed by atoms with Crippen LogP contribution in [0.2, 0.25) is 0 Å². The van der Waals surface area contributed by atoms with Crippen molar-refractivity contribution in [3.63, 3.8) is 0 Å². The van der Waals surface area contributed by atoms with Crippen LogP contribution in [0.5, 0.6) is 0 Å². The van der Waals surface area contributed by atoms with E-state index in [9.17, 15) is 9.59 Å². The lowest BCUT2D eigenvalue weighted by Gasteiger charge is -2.06. The molecule has 1 aromatic rings. The van der Waals surface area contributed by atoms with Crippen LogP contribution < -0.4 is 0 Å². The summed E-state index contributed by atoms with van der Waals surface area (Å²) in [6.07, 6.45) is 0.432. The Balaban J connectivity index is 2.37. The highest BCUT2D eigenvalue weighted by Gasteiger charge is 2.33. The van der Waals surface area contributed by atoms with E-state index in [4.69, 9.17) is 5.11 Å². The number of ketones is 1. The minimum atomic E-state index is -0.832. The first kappa shape index (κ1) is 9.40. The molecule has 1 N–H and O–H groups in total. The van der Waals surface area contributed by atoms with Crippen molar-refractivity contribution in [2.45, 2.75) is 25.7 Å². The van der Waals surface area contributed by atoms with E-state index in [2.05, 4.69) is 0 Å². The van der Waals surface area contributed by atoms with Crippen molar-refractivity contribution >= 4 is 23.1 Å². The maximum absolute atomic E-state index is 11.5. The van der Waals surface area contributed by atoms with Gasteiger partial charge in [0.1, 0.15) is 0 Å². The lowest BCUT2D eigenvalue weighted by Crippen LogP contribution is -2.04. The fraction of sp³-hybridized carbons (Fsp3) is 0.400. The second kappa shape index (κ2) is 3.20. The van der Waals surface area contributed by atoms with Gasteiger partial charge in [0.15, 0.2) is 5.78 Å². The molecule has 1 aliphatic carbocycles. The average molecular weight is 210 g/mol. The van der Waals surface area contributed by atoms with Crippen LogP contribution >= 0.6 is 11.3 Å². The lowest BCUT2D eigenvalue weighted by atomic mass is 9.99. The van der Waals surface area contributed by atoms with Crippen molar-refractivity contribution in [3.8, 4) is 0 Å². The molecule has 1 heterocycles. The van der Waals surface area contributed by atoms with Crippen LogP contribution in [0.1, 0.15) is 39.6 Å². The van der Waals surface area contributed by atoms with Gasteiger partial charge in [-0.05, 0) is 12.5 Å². The van der Waals surface area contributed by atoms with Crippen LogP contribution in [-0.4, -0.2) is 16.9 Å². The zero-order valence-corrected chi connectivity index (χ0v) is 8.56. The number of aryl methyl sites for hydroxylation is 1. The number of thiophene rings is 1. The molecule has 0 bridgehead atoms. The third kappa shape index (κ3) is 1.35. The normalized spacial score (nSPS) is 19.8. The Morgan fingerprint density at radius 2 is 2.43 bits per heavy atom. The van der Waals surface area contributed by atoms with Crippen molar-refractivity contribution in [2.75, 3.05) is 0 Å². The van der Waals surface area contributed by atoms with Gasteiger partial charge in [-0.3, -0.25) is 9.59 Å². The number of hydrogen-bond donors (Lipinski definition) is 1. The van der Waals surface area contributed by atoms with Crippen LogP contribution in [0.15, 0.2) is 5.38 Å². The summed E-state index contributed by atoms with van der Waals surface area (Å²) in [5, 5.41) is 10.5. The Labute approximate surface area is 85.4 Å². The molecule has 2 rings (SSSR count). The molecule has 1 atom stereocenters. The fourth-order valence-electron chi connectivity index (χ4n) is 2.01. The maximum Gasteiger partial charge on any atom is 0.303 e. The molecule has 74 valence electrons. The SMILES string of the molecule is Cc1scc2c1C(CC(=O)O)CC2=O. The number of fused-ring (bicyclic) bond motifs is 1. The minimum absolute atomic E-state index is 0.0658. The first-order valence-electron chi connectivity index (χ1n) is 4.42. The number of aliphatic carboxylic acids is 1. The van der Waals surface area contributed by atoms with E-state index in [0.717, 1.165) is 16.0 Å². The highest BCUT2D eigenvalue weighted by molar-refractivity contribution is 7.10. The van der Waals surface area contributed by atoms with Gasteiger partial charge >= 0.3 is 5.97 Å². The molecule has 0 fully saturated rings. The van der Waals surface area contributed by atoms with Gasteiger partial charge in [-0.15, -0.1) is 11.3 Å². The van der Waals surface area contributed by atoms with Crippen LogP contribution in [0.3, 0.4) is 0 Å². The molecule has 4 heteroatoms. The van der Waals surface area contributed by atoms with E-state index in [-0.39, 0.29) is 18.1 Å². The van der Waals surface area contributed by atoms with Gasteiger partial charge in [0.25, 0.3) is 0 Å². The Hall–Kier alpha value is -1.16. The first-order valence-corrected chi connectivity index (χ1v) is 5.30. The lowest BCUT2D eigenvalue weighted by molar-refractivity contribution is -0.137. The molecule has 3 nitrogen and oxygen atoms in total. The fourth-order valence-corrected chi connectivity index (χ4v) is 2.96. The molecular formula is C10H10O3S. The van der Waals surface area contributed by atoms with E-state index in [1.165, 1.54) is 11.3 Å². The zero-order chi connectivity index (χ0) is 10.3. The average Bonchev–Trinajstić information content (AvgIpc) is 2.56. The summed E-state index contributed by atoms with van der Waals surface area (Å²) < 4.78 is 0. The second-order valence-electron chi connectivity index (χ2n) is 3.54. The molecular weight excluding hydrogens is 200 g/mol. The summed E-state index contributed by atoms with van der Waals surface area (Å²) in [4.78, 5) is 23.2. The van der Waals surface area contributed by atoms with Gasteiger partial charge < -0.3 is 5.11 Å². The third-order valence-corrected chi connectivity index (χ3v) is 3.51. The molecule has 0 aliphatic heterocycles. The standard InChI is InChI=1S/C10H10O3S/c1-5-10-6(3-9(12)13)2-8(11)7(10)4-14-5/h4,6H,2-3H2,1H3,(H,12,13). The monoisotopic (exact) mass is 210 g/mol. The van der Waals surface area contributed by atoms with Crippen LogP contribution in [0, 0.1) is 6.92 Å². The predicted molar refractivity (Wildman–Crippen MR) is 53.0 cm³/mol. The quantitative estimate of drug-likeness (QED) is 0.814. The highest BCUT2D eigenvalue weighted by atomic mass is 32.1. The van der Waals surface area contributed by atoms with Crippen molar-refractivity contribution in [3.05, 3.63) is 21.4 Å². The molecule has 0 spiro atoms. The summed E-state index contributed by atoms with van der Waals surface area (Å²) in [7, 11) is 0. The molecule has 14 heavy (non-hydrogen) atoms. The van der Waals surface area contributed by atoms with Gasteiger partial charge in [0.2, 0.25) is 0 Å². The van der Waals surface area contributed by atoms with Gasteiger partial charge in [0, 0.05) is 28.2 Å². The number of rotatable bonds is 2. The molecule has 1 unspecified atom stereocenters. The summed E-state index contributed by atoms with van der Waals surface area (Å²) in [5.74, 6) is -0.835. The molecule has 1 aliphatic rings. The summed E-state index contributed by atoms with van der Waals surface area (Å²) in [6.45, 7) is 1.94. The molecule has 0 aromatic carbocycles. The summed E-state index contributed by atoms with van der Waals surface area (Å²) >= 11 is 1.53. The van der Waals surface area contributed by atoms with Crippen molar-refractivity contribution in [1.29, 1.82) is 0 Å². The van der Waals surface area contributed by atoms with E-state index >= 15 is 0 Å². The number of hydrogen-bond acceptors (Lipinski definition) is 3. The summed E-state index contributed by atoms with van der Waals surface area (Å²) in [6, 6.07) is 0. The number of Topliss-reactive ketones (excluding diaryl/α,β-unsaturated/α-hetero) is 1. The Kier molecular flexibility index (Phi) is 2.15. The van der Waals surface area contributed by atoms with Gasteiger partial charge in [-0.1, -0.05) is 0 Å². The van der Waals surface area contributed by atoms with Gasteiger partial charge in [0.05, 0.1) is 6.42 Å². The Bertz CT molecular complexity index is 405. The van der Waals surface area contributed by atoms with Gasteiger partial charge in [-0.2, -0.15) is 0 Å². The molecule has 0 amide bonds. The largest absolute Gasteiger partial charge is 0.481 e. The number of carboxylic acid groups (broad SMARTS) is 1. The minimum Gasteiger partial charge on any atom is -0.481 e. The van der Waals surface area contributed by atoms with Crippen LogP contribution in [0.25, 0.3) is 0 Å². The zero-order valence-electron chi connectivity index (χ0n) is 7.74. The molecule has 1 aromatic heterocycles. The van der Waals surface area contributed by atoms with Crippen molar-refractivity contribution in [2.24, 2.45) is 0 Å². The first-order chi connectivity index (χ1) is 6.59. The molecule has 0 saturated heterocycles. The van der Waals surface area contributed by atoms with E-state index in [1.807, 2.05) is 12.3 Å². The Morgan fingerprint density at radius 1 is 1.71 bits per heavy atom. The highest BCUT2D eigenvalue weighted by Crippen LogP contribution is 2.40. The topological polar surface area (TPSA) is 54.4 Å². The second-order valence-corrected chi connectivity index (χ2v) is 4.63. The maximum atomic E-state index is 11.5. The number of carbonyl (C=O) groups excluding carboxylic acids is 1. The predicted octanol–water partition coefficient (Wildman–Crippen LogP) is 2.20. The van der Waals surface area contributed by atoms with E-state index < -0.39 is 5.97 Å². The molecule has 0 saturated carbocycles. The smallest absolute Gasteiger partial charge is 0.303 e. The number of carboxylic acids is 1. The van der Waals surface area contributed by atoms with Gasteiger partial charge in [-0.25, -0.2) is 0 Å². The van der Waals surface area contributed by atoms with E-state index in [1.54, 1.807) is 0 Å². The van der Waals surface area contributed by atoms with Crippen LogP contribution in [-0.2, 0) is 4.79 Å². The van der Waals surface area contributed by atoms with E-state index in [0.29, 0.717) is 6.42 Å². The third-order valence-electron chi connectivity index (χ3n) is 2.58. The van der Waals surface area contributed by atoms with Crippen molar-refractivity contribution < 1.29 is 14.7 Å². The molecule has 0 radical (unpaired) electrons. The number of carbonyl (C=O) groups is 2. The summed E-state index contributed by atoms with van der Waals surface area (Å²) in [5.41, 5.74) is 1.72.